The van der Waals surface area contributed by atoms with Crippen LogP contribution in [0.25, 0.3) is 0 Å². The lowest BCUT2D eigenvalue weighted by atomic mass is 9.87. The highest BCUT2D eigenvalue weighted by Crippen LogP contribution is 2.32. The van der Waals surface area contributed by atoms with Crippen LogP contribution < -0.4 is 4.74 Å². The molecule has 1 aromatic rings. The van der Waals surface area contributed by atoms with Gasteiger partial charge in [0.1, 0.15) is 5.75 Å². The normalized spacial score (nSPS) is 25.6. The molecule has 1 aromatic carbocycles. The van der Waals surface area contributed by atoms with E-state index >= 15 is 0 Å². The minimum Gasteiger partial charge on any atom is -0.497 e. The van der Waals surface area contributed by atoms with Crippen LogP contribution in [-0.4, -0.2) is 31.1 Å². The molecule has 0 radical (unpaired) electrons. The average Bonchev–Trinajstić information content (AvgIpc) is 2.56. The van der Waals surface area contributed by atoms with Crippen LogP contribution in [0.3, 0.4) is 0 Å². The van der Waals surface area contributed by atoms with E-state index in [0.717, 1.165) is 11.8 Å². The Morgan fingerprint density at radius 1 is 1.05 bits per heavy atom. The van der Waals surface area contributed by atoms with Gasteiger partial charge >= 0.3 is 0 Å². The van der Waals surface area contributed by atoms with Crippen molar-refractivity contribution < 1.29 is 4.74 Å². The molecular weight excluding hydrogens is 246 g/mol. The first-order valence-electron chi connectivity index (χ1n) is 8.25. The quantitative estimate of drug-likeness (QED) is 0.818. The first kappa shape index (κ1) is 13.9. The molecule has 0 bridgehead atoms. The SMILES string of the molecule is COc1cccc(C2CCCN(C3CCCCC3)C2)c1. The predicted molar refractivity (Wildman–Crippen MR) is 83.4 cm³/mol. The van der Waals surface area contributed by atoms with E-state index < -0.39 is 0 Å². The largest absolute Gasteiger partial charge is 0.497 e. The maximum atomic E-state index is 5.38. The molecule has 1 aliphatic carbocycles. The number of rotatable bonds is 3. The van der Waals surface area contributed by atoms with Gasteiger partial charge in [0.2, 0.25) is 0 Å². The Kier molecular flexibility index (Phi) is 4.62. The second-order valence-corrected chi connectivity index (χ2v) is 6.40. The Labute approximate surface area is 123 Å². The van der Waals surface area contributed by atoms with E-state index in [1.807, 2.05) is 6.07 Å². The van der Waals surface area contributed by atoms with E-state index in [-0.39, 0.29) is 0 Å². The van der Waals surface area contributed by atoms with Crippen LogP contribution in [0.1, 0.15) is 56.4 Å². The number of likely N-dealkylation sites (tertiary alicyclic amines) is 1. The van der Waals surface area contributed by atoms with Crippen molar-refractivity contribution in [3.63, 3.8) is 0 Å². The van der Waals surface area contributed by atoms with E-state index in [4.69, 9.17) is 4.74 Å². The van der Waals surface area contributed by atoms with Gasteiger partial charge in [0.25, 0.3) is 0 Å². The summed E-state index contributed by atoms with van der Waals surface area (Å²) in [5.74, 6) is 1.69. The van der Waals surface area contributed by atoms with Crippen molar-refractivity contribution >= 4 is 0 Å². The smallest absolute Gasteiger partial charge is 0.119 e. The Hall–Kier alpha value is -1.02. The molecule has 2 nitrogen and oxygen atoms in total. The van der Waals surface area contributed by atoms with Crippen LogP contribution in [0.5, 0.6) is 5.75 Å². The molecule has 2 fully saturated rings. The van der Waals surface area contributed by atoms with Gasteiger partial charge in [-0.1, -0.05) is 31.4 Å². The van der Waals surface area contributed by atoms with E-state index in [2.05, 4.69) is 23.1 Å². The van der Waals surface area contributed by atoms with Crippen LogP contribution in [0, 0.1) is 0 Å². The summed E-state index contributed by atoms with van der Waals surface area (Å²) >= 11 is 0. The molecule has 0 amide bonds. The third kappa shape index (κ3) is 3.17. The van der Waals surface area contributed by atoms with Gasteiger partial charge in [-0.25, -0.2) is 0 Å². The van der Waals surface area contributed by atoms with E-state index in [0.29, 0.717) is 5.92 Å². The number of piperidine rings is 1. The van der Waals surface area contributed by atoms with Gasteiger partial charge in [0, 0.05) is 12.6 Å². The van der Waals surface area contributed by atoms with Gasteiger partial charge in [0.05, 0.1) is 7.11 Å². The van der Waals surface area contributed by atoms with Crippen LogP contribution in [0.2, 0.25) is 0 Å². The molecule has 1 heterocycles. The second-order valence-electron chi connectivity index (χ2n) is 6.40. The minimum absolute atomic E-state index is 0.695. The Morgan fingerprint density at radius 3 is 2.70 bits per heavy atom. The molecule has 20 heavy (non-hydrogen) atoms. The minimum atomic E-state index is 0.695. The predicted octanol–water partition coefficient (Wildman–Crippen LogP) is 4.21. The number of hydrogen-bond acceptors (Lipinski definition) is 2. The summed E-state index contributed by atoms with van der Waals surface area (Å²) in [7, 11) is 1.76. The summed E-state index contributed by atoms with van der Waals surface area (Å²) in [4.78, 5) is 2.77. The van der Waals surface area contributed by atoms with Crippen LogP contribution in [-0.2, 0) is 0 Å². The molecule has 0 spiro atoms. The molecule has 1 aliphatic heterocycles. The van der Waals surface area contributed by atoms with Gasteiger partial charge in [-0.2, -0.15) is 0 Å². The fourth-order valence-electron chi connectivity index (χ4n) is 3.95. The van der Waals surface area contributed by atoms with E-state index in [1.165, 1.54) is 63.6 Å². The van der Waals surface area contributed by atoms with Crippen molar-refractivity contribution in [3.8, 4) is 5.75 Å². The van der Waals surface area contributed by atoms with Crippen LogP contribution >= 0.6 is 0 Å². The van der Waals surface area contributed by atoms with Crippen molar-refractivity contribution in [1.29, 1.82) is 0 Å². The van der Waals surface area contributed by atoms with Crippen LogP contribution in [0.4, 0.5) is 0 Å². The molecule has 1 atom stereocenters. The summed E-state index contributed by atoms with van der Waals surface area (Å²) < 4.78 is 5.38. The first-order valence-corrected chi connectivity index (χ1v) is 8.25. The second kappa shape index (κ2) is 6.62. The van der Waals surface area contributed by atoms with Gasteiger partial charge in [-0.3, -0.25) is 4.90 Å². The number of benzene rings is 1. The molecule has 1 saturated carbocycles. The lowest BCUT2D eigenvalue weighted by molar-refractivity contribution is 0.118. The summed E-state index contributed by atoms with van der Waals surface area (Å²) in [5.41, 5.74) is 1.46. The van der Waals surface area contributed by atoms with Crippen molar-refractivity contribution in [1.82, 2.24) is 4.90 Å². The van der Waals surface area contributed by atoms with Gasteiger partial charge in [-0.15, -0.1) is 0 Å². The summed E-state index contributed by atoms with van der Waals surface area (Å²) in [6.45, 7) is 2.56. The standard InChI is InChI=1S/C18H27NO/c1-20-18-11-5-7-15(13-18)16-8-6-12-19(14-16)17-9-3-2-4-10-17/h5,7,11,13,16-17H,2-4,6,8-10,12,14H2,1H3. The Morgan fingerprint density at radius 2 is 1.90 bits per heavy atom. The van der Waals surface area contributed by atoms with Gasteiger partial charge in [-0.05, 0) is 55.8 Å². The zero-order valence-corrected chi connectivity index (χ0v) is 12.7. The Balaban J connectivity index is 1.67. The molecule has 0 aromatic heterocycles. The molecule has 0 N–H and O–H groups in total. The third-order valence-corrected chi connectivity index (χ3v) is 5.11. The highest BCUT2D eigenvalue weighted by atomic mass is 16.5. The number of nitrogens with zero attached hydrogens (tertiary/aromatic N) is 1. The maximum absolute atomic E-state index is 5.38. The van der Waals surface area contributed by atoms with Gasteiger partial charge < -0.3 is 4.74 Å². The van der Waals surface area contributed by atoms with Gasteiger partial charge in [0.15, 0.2) is 0 Å². The molecule has 3 rings (SSSR count). The average molecular weight is 273 g/mol. The number of hydrogen-bond donors (Lipinski definition) is 0. The molecule has 1 saturated heterocycles. The molecule has 110 valence electrons. The maximum Gasteiger partial charge on any atom is 0.119 e. The number of ether oxygens (including phenoxy) is 1. The van der Waals surface area contributed by atoms with E-state index in [1.54, 1.807) is 7.11 Å². The van der Waals surface area contributed by atoms with Crippen molar-refractivity contribution in [3.05, 3.63) is 29.8 Å². The monoisotopic (exact) mass is 273 g/mol. The van der Waals surface area contributed by atoms with Crippen molar-refractivity contribution in [2.24, 2.45) is 0 Å². The zero-order valence-electron chi connectivity index (χ0n) is 12.7. The fraction of sp³-hybridized carbons (Fsp3) is 0.667. The lowest BCUT2D eigenvalue weighted by Gasteiger charge is -2.40. The third-order valence-electron chi connectivity index (χ3n) is 5.11. The first-order chi connectivity index (χ1) is 9.86. The topological polar surface area (TPSA) is 12.5 Å². The van der Waals surface area contributed by atoms with E-state index in [9.17, 15) is 0 Å². The summed E-state index contributed by atoms with van der Waals surface area (Å²) in [6, 6.07) is 9.54. The fourth-order valence-corrected chi connectivity index (χ4v) is 3.95. The summed E-state index contributed by atoms with van der Waals surface area (Å²) in [5, 5.41) is 0. The van der Waals surface area contributed by atoms with Crippen LogP contribution in [0.15, 0.2) is 24.3 Å². The Bertz CT molecular complexity index is 425. The highest BCUT2D eigenvalue weighted by molar-refractivity contribution is 5.31. The number of methoxy groups -OCH3 is 1. The summed E-state index contributed by atoms with van der Waals surface area (Å²) in [6.07, 6.45) is 9.84. The zero-order chi connectivity index (χ0) is 13.8. The van der Waals surface area contributed by atoms with Crippen molar-refractivity contribution in [2.45, 2.75) is 56.9 Å². The highest BCUT2D eigenvalue weighted by Gasteiger charge is 2.27. The molecular formula is C18H27NO. The molecule has 1 unspecified atom stereocenters. The van der Waals surface area contributed by atoms with Crippen molar-refractivity contribution in [2.75, 3.05) is 20.2 Å². The molecule has 2 heteroatoms. The molecule has 2 aliphatic rings. The lowest BCUT2D eigenvalue weighted by Crippen LogP contribution is -2.42.